The number of nitrogens with two attached hydrogens (primary N) is 1. The van der Waals surface area contributed by atoms with Gasteiger partial charge in [0.1, 0.15) is 12.4 Å². The van der Waals surface area contributed by atoms with Crippen LogP contribution in [0, 0.1) is 17.5 Å². The number of carboxylic acid groups (broad SMARTS) is 1. The molecule has 0 aromatic heterocycles. The summed E-state index contributed by atoms with van der Waals surface area (Å²) >= 11 is 1.32. The molecule has 0 saturated carbocycles. The zero-order valence-electron chi connectivity index (χ0n) is 20.9. The molecule has 3 rings (SSSR count). The van der Waals surface area contributed by atoms with E-state index < -0.39 is 34.8 Å². The summed E-state index contributed by atoms with van der Waals surface area (Å²) in [6, 6.07) is 5.83. The van der Waals surface area contributed by atoms with E-state index in [-0.39, 0.29) is 43.3 Å². The van der Waals surface area contributed by atoms with Crippen molar-refractivity contribution in [3.63, 3.8) is 0 Å². The van der Waals surface area contributed by atoms with Crippen LogP contribution in [-0.2, 0) is 33.8 Å². The molecule has 5 N–H and O–H groups in total. The highest BCUT2D eigenvalue weighted by molar-refractivity contribution is 8.00. The van der Waals surface area contributed by atoms with Crippen molar-refractivity contribution in [3.8, 4) is 0 Å². The van der Waals surface area contributed by atoms with Crippen LogP contribution in [0.1, 0.15) is 36.5 Å². The van der Waals surface area contributed by atoms with Gasteiger partial charge in [-0.1, -0.05) is 25.5 Å². The Morgan fingerprint density at radius 2 is 1.87 bits per heavy atom. The molecule has 0 spiro atoms. The Morgan fingerprint density at radius 3 is 2.58 bits per heavy atom. The Morgan fingerprint density at radius 1 is 1.13 bits per heavy atom. The first kappa shape index (κ1) is 29.3. The number of hydrogen-bond donors (Lipinski definition) is 4. The normalized spacial score (nSPS) is 15.8. The Balaban J connectivity index is 1.57. The fourth-order valence-corrected chi connectivity index (χ4v) is 5.37. The number of aliphatic carboxylic acids is 1. The number of thioether (sulfide) groups is 1. The van der Waals surface area contributed by atoms with Gasteiger partial charge in [-0.3, -0.25) is 14.4 Å². The van der Waals surface area contributed by atoms with Gasteiger partial charge in [-0.05, 0) is 41.7 Å². The number of benzene rings is 2. The lowest BCUT2D eigenvalue weighted by atomic mass is 10.0. The van der Waals surface area contributed by atoms with E-state index in [1.54, 1.807) is 12.1 Å². The van der Waals surface area contributed by atoms with E-state index in [1.165, 1.54) is 16.7 Å². The first-order valence-corrected chi connectivity index (χ1v) is 13.3. The van der Waals surface area contributed by atoms with Crippen molar-refractivity contribution in [2.45, 2.75) is 50.6 Å². The lowest BCUT2D eigenvalue weighted by Crippen LogP contribution is -2.46. The van der Waals surface area contributed by atoms with Gasteiger partial charge in [-0.15, -0.1) is 11.8 Å². The van der Waals surface area contributed by atoms with Crippen LogP contribution in [0.25, 0.3) is 0 Å². The highest BCUT2D eigenvalue weighted by Crippen LogP contribution is 2.26. The number of nitrogens with zero attached hydrogens (tertiary/aromatic N) is 1. The van der Waals surface area contributed by atoms with Crippen molar-refractivity contribution in [2.24, 2.45) is 5.73 Å². The Hall–Kier alpha value is -3.25. The first-order valence-electron chi connectivity index (χ1n) is 12.2. The van der Waals surface area contributed by atoms with Crippen molar-refractivity contribution in [3.05, 3.63) is 64.5 Å². The van der Waals surface area contributed by atoms with Crippen LogP contribution in [0.15, 0.2) is 30.3 Å². The van der Waals surface area contributed by atoms with E-state index in [2.05, 4.69) is 10.6 Å². The molecule has 0 aliphatic carbocycles. The van der Waals surface area contributed by atoms with Crippen molar-refractivity contribution >= 4 is 35.2 Å². The van der Waals surface area contributed by atoms with Gasteiger partial charge in [0.25, 0.3) is 5.91 Å². The summed E-state index contributed by atoms with van der Waals surface area (Å²) in [6.07, 6.45) is 1.25. The fourth-order valence-electron chi connectivity index (χ4n) is 4.21. The minimum atomic E-state index is -1.30. The lowest BCUT2D eigenvalue weighted by molar-refractivity contribution is -0.136. The SMILES string of the molecule is CCCc1cc(CNC(=O)[C@@H]2SCCN2C(=O)C[C@H](N)Cc2cc(F)c(F)cc2F)ccc1NCC(=O)O. The molecule has 12 heteroatoms. The molecule has 2 atom stereocenters. The summed E-state index contributed by atoms with van der Waals surface area (Å²) in [4.78, 5) is 38.1. The van der Waals surface area contributed by atoms with Crippen molar-refractivity contribution < 1.29 is 32.7 Å². The predicted molar refractivity (Wildman–Crippen MR) is 139 cm³/mol. The number of hydrogen-bond acceptors (Lipinski definition) is 6. The molecule has 0 unspecified atom stereocenters. The number of halogens is 3. The quantitative estimate of drug-likeness (QED) is 0.299. The maximum atomic E-state index is 13.9. The number of amides is 2. The molecule has 2 amide bonds. The number of carbonyl (C=O) groups excluding carboxylic acids is 2. The fraction of sp³-hybridized carbons (Fsp3) is 0.423. The van der Waals surface area contributed by atoms with Crippen LogP contribution in [0.5, 0.6) is 0 Å². The molecule has 2 aromatic carbocycles. The van der Waals surface area contributed by atoms with Crippen LogP contribution in [-0.4, -0.2) is 58.0 Å². The number of carbonyl (C=O) groups is 3. The summed E-state index contributed by atoms with van der Waals surface area (Å²) < 4.78 is 40.6. The first-order chi connectivity index (χ1) is 18.1. The smallest absolute Gasteiger partial charge is 0.322 e. The second kappa shape index (κ2) is 13.5. The zero-order chi connectivity index (χ0) is 27.8. The van der Waals surface area contributed by atoms with Crippen LogP contribution >= 0.6 is 11.8 Å². The number of aryl methyl sites for hydroxylation is 1. The zero-order valence-corrected chi connectivity index (χ0v) is 21.8. The second-order valence-corrected chi connectivity index (χ2v) is 10.2. The van der Waals surface area contributed by atoms with E-state index in [4.69, 9.17) is 10.8 Å². The van der Waals surface area contributed by atoms with E-state index in [0.29, 0.717) is 18.4 Å². The summed E-state index contributed by atoms with van der Waals surface area (Å²) in [5.74, 6) is -4.56. The van der Waals surface area contributed by atoms with Gasteiger partial charge in [-0.25, -0.2) is 13.2 Å². The lowest BCUT2D eigenvalue weighted by Gasteiger charge is -2.24. The monoisotopic (exact) mass is 552 g/mol. The highest BCUT2D eigenvalue weighted by atomic mass is 32.2. The molecule has 1 saturated heterocycles. The number of rotatable bonds is 12. The van der Waals surface area contributed by atoms with E-state index in [1.807, 2.05) is 13.0 Å². The van der Waals surface area contributed by atoms with Gasteiger partial charge in [0, 0.05) is 43.1 Å². The highest BCUT2D eigenvalue weighted by Gasteiger charge is 2.35. The van der Waals surface area contributed by atoms with Crippen molar-refractivity contribution in [1.29, 1.82) is 0 Å². The Kier molecular flexibility index (Phi) is 10.4. The molecule has 1 fully saturated rings. The largest absolute Gasteiger partial charge is 0.480 e. The summed E-state index contributed by atoms with van der Waals surface area (Å²) in [6.45, 7) is 2.38. The summed E-state index contributed by atoms with van der Waals surface area (Å²) in [7, 11) is 0. The molecular weight excluding hydrogens is 521 g/mol. The molecule has 8 nitrogen and oxygen atoms in total. The molecule has 206 valence electrons. The predicted octanol–water partition coefficient (Wildman–Crippen LogP) is 3.03. The van der Waals surface area contributed by atoms with Gasteiger partial charge in [0.05, 0.1) is 0 Å². The third kappa shape index (κ3) is 7.87. The average Bonchev–Trinajstić information content (AvgIpc) is 3.36. The van der Waals surface area contributed by atoms with Gasteiger partial charge in [0.15, 0.2) is 17.0 Å². The van der Waals surface area contributed by atoms with Gasteiger partial charge < -0.3 is 26.4 Å². The van der Waals surface area contributed by atoms with Crippen molar-refractivity contribution in [2.75, 3.05) is 24.2 Å². The van der Waals surface area contributed by atoms with Crippen LogP contribution in [0.4, 0.5) is 18.9 Å². The van der Waals surface area contributed by atoms with Crippen molar-refractivity contribution in [1.82, 2.24) is 10.2 Å². The molecule has 38 heavy (non-hydrogen) atoms. The third-order valence-electron chi connectivity index (χ3n) is 6.03. The average molecular weight is 553 g/mol. The number of carboxylic acids is 1. The molecule has 2 aromatic rings. The Bertz CT molecular complexity index is 1180. The summed E-state index contributed by atoms with van der Waals surface area (Å²) in [5, 5.41) is 13.9. The minimum absolute atomic E-state index is 0.124. The maximum absolute atomic E-state index is 13.9. The molecular formula is C26H31F3N4O4S. The molecule has 1 heterocycles. The van der Waals surface area contributed by atoms with Gasteiger partial charge in [0.2, 0.25) is 5.91 Å². The molecule has 0 radical (unpaired) electrons. The number of anilines is 1. The van der Waals surface area contributed by atoms with Gasteiger partial charge >= 0.3 is 5.97 Å². The van der Waals surface area contributed by atoms with Crippen LogP contribution in [0.3, 0.4) is 0 Å². The second-order valence-electron chi connectivity index (χ2n) is 9.04. The van der Waals surface area contributed by atoms with Crippen LogP contribution < -0.4 is 16.4 Å². The summed E-state index contributed by atoms with van der Waals surface area (Å²) in [5.41, 5.74) is 8.38. The third-order valence-corrected chi connectivity index (χ3v) is 7.23. The topological polar surface area (TPSA) is 125 Å². The standard InChI is InChI=1S/C26H31F3N4O4S/c1-2-3-16-8-15(4-5-22(16)31-14-24(35)36)13-32-25(37)26-33(6-7-38-26)23(34)11-18(30)9-17-10-20(28)21(29)12-19(17)27/h4-5,8,10,12,18,26,31H,2-3,6-7,9,11,13-14,30H2,1H3,(H,32,37)(H,35,36)/t18-,26+/m1/s1. The maximum Gasteiger partial charge on any atom is 0.322 e. The van der Waals surface area contributed by atoms with E-state index >= 15 is 0 Å². The molecule has 1 aliphatic heterocycles. The van der Waals surface area contributed by atoms with Gasteiger partial charge in [-0.2, -0.15) is 0 Å². The van der Waals surface area contributed by atoms with Crippen LogP contribution in [0.2, 0.25) is 0 Å². The van der Waals surface area contributed by atoms with E-state index in [0.717, 1.165) is 35.7 Å². The minimum Gasteiger partial charge on any atom is -0.480 e. The molecule has 0 bridgehead atoms. The Labute approximate surface area is 223 Å². The molecule has 1 aliphatic rings. The number of nitrogens with one attached hydrogen (secondary N) is 2. The van der Waals surface area contributed by atoms with E-state index in [9.17, 15) is 27.6 Å².